The molecule has 0 bridgehead atoms. The summed E-state index contributed by atoms with van der Waals surface area (Å²) in [4.78, 5) is 44.0. The van der Waals surface area contributed by atoms with Gasteiger partial charge in [0.2, 0.25) is 0 Å². The Balaban J connectivity index is 1.88. The van der Waals surface area contributed by atoms with E-state index >= 15 is 0 Å². The molecule has 0 amide bonds. The van der Waals surface area contributed by atoms with E-state index in [0.29, 0.717) is 0 Å². The molecule has 0 aromatic carbocycles. The number of aromatic nitrogens is 4. The van der Waals surface area contributed by atoms with E-state index in [-0.39, 0.29) is 17.0 Å². The maximum Gasteiger partial charge on any atom is 0.167 e. The van der Waals surface area contributed by atoms with Gasteiger partial charge in [-0.2, -0.15) is 7.94 Å². The first kappa shape index (κ1) is 17.3. The molecule has 132 valence electrons. The maximum absolute atomic E-state index is 10.8. The first-order chi connectivity index (χ1) is 11.2. The molecule has 1 aliphatic heterocycles. The third-order valence-corrected chi connectivity index (χ3v) is 4.55. The molecule has 1 saturated heterocycles. The summed E-state index contributed by atoms with van der Waals surface area (Å²) in [5.41, 5.74) is 6.12. The Morgan fingerprint density at radius 1 is 1.25 bits per heavy atom. The molecule has 1 aliphatic rings. The summed E-state index contributed by atoms with van der Waals surface area (Å²) in [6.45, 7) is 0. The lowest BCUT2D eigenvalue weighted by molar-refractivity contribution is -0.428. The van der Waals surface area contributed by atoms with Crippen LogP contribution < -0.4 is 20.4 Å². The van der Waals surface area contributed by atoms with Gasteiger partial charge in [0.25, 0.3) is 0 Å². The number of nitrogens with two attached hydrogens (primary N) is 1. The van der Waals surface area contributed by atoms with Crippen LogP contribution in [0.5, 0.6) is 0 Å². The lowest BCUT2D eigenvalue weighted by Crippen LogP contribution is -2.46. The molecule has 0 aliphatic carbocycles. The Morgan fingerprint density at radius 2 is 1.96 bits per heavy atom. The number of fused-ring (bicyclic) bond motifs is 1. The highest BCUT2D eigenvalue weighted by atomic mass is 31.2. The van der Waals surface area contributed by atoms with Crippen LogP contribution in [0.1, 0.15) is 6.23 Å². The number of anilines is 1. The summed E-state index contributed by atoms with van der Waals surface area (Å²) in [7, 11) is -5.03. The molecule has 0 radical (unpaired) electrons. The molecule has 2 aromatic rings. The first-order valence-corrected chi connectivity index (χ1v) is 8.55. The molecule has 3 heterocycles. The quantitative estimate of drug-likeness (QED) is 0.381. The predicted octanol–water partition coefficient (Wildman–Crippen LogP) is -4.77. The highest BCUT2D eigenvalue weighted by Gasteiger charge is 2.47. The van der Waals surface area contributed by atoms with Gasteiger partial charge in [0.15, 0.2) is 17.7 Å². The number of nitrogens with zero attached hydrogens (tertiary/aromatic N) is 4. The van der Waals surface area contributed by atoms with E-state index in [9.17, 15) is 30.0 Å². The van der Waals surface area contributed by atoms with Gasteiger partial charge in [0.05, 0.1) is 12.5 Å². The molecule has 5 atom stereocenters. The van der Waals surface area contributed by atoms with Crippen LogP contribution >= 0.6 is 7.94 Å². The second-order valence-corrected chi connectivity index (χ2v) is 7.00. The van der Waals surface area contributed by atoms with Gasteiger partial charge in [-0.05, 0) is 0 Å². The van der Waals surface area contributed by atoms with Crippen molar-refractivity contribution in [1.29, 1.82) is 0 Å². The molecule has 2 aromatic heterocycles. The smallest absolute Gasteiger partial charge is 0.167 e. The fourth-order valence-corrected chi connectivity index (χ4v) is 3.29. The van der Waals surface area contributed by atoms with Crippen LogP contribution in [0.3, 0.4) is 0 Å². The topological polar surface area (TPSA) is 209 Å². The van der Waals surface area contributed by atoms with E-state index in [0.717, 1.165) is 0 Å². The van der Waals surface area contributed by atoms with Gasteiger partial charge in [0, 0.05) is 0 Å². The normalized spacial score (nSPS) is 29.2. The van der Waals surface area contributed by atoms with E-state index in [2.05, 4.69) is 15.0 Å². The largest absolute Gasteiger partial charge is 0.688 e. The number of hydrogen-bond donors (Lipinski definition) is 4. The molecule has 1 fully saturated rings. The van der Waals surface area contributed by atoms with Crippen molar-refractivity contribution in [3.8, 4) is 0 Å². The van der Waals surface area contributed by atoms with Gasteiger partial charge in [0.1, 0.15) is 36.3 Å². The van der Waals surface area contributed by atoms with Gasteiger partial charge in [-0.15, -0.1) is 0 Å². The fraction of sp³-hybridized carbons (Fsp3) is 0.545. The van der Waals surface area contributed by atoms with Crippen LogP contribution in [0.4, 0.5) is 5.82 Å². The molecule has 0 unspecified atom stereocenters. The van der Waals surface area contributed by atoms with Gasteiger partial charge in [-0.25, -0.2) is 15.0 Å². The van der Waals surface area contributed by atoms with E-state index in [4.69, 9.17) is 10.5 Å². The molecular formula is C11H14N5O7P-2. The second-order valence-electron chi connectivity index (χ2n) is 5.42. The van der Waals surface area contributed by atoms with Gasteiger partial charge >= 0.3 is 0 Å². The Kier molecular flexibility index (Phi) is 4.40. The Labute approximate surface area is 135 Å². The summed E-state index contributed by atoms with van der Waals surface area (Å²) in [6.07, 6.45) is -6.33. The van der Waals surface area contributed by atoms with Crippen molar-refractivity contribution in [2.45, 2.75) is 30.6 Å². The molecule has 0 saturated carbocycles. The summed E-state index contributed by atoms with van der Waals surface area (Å²) in [6, 6.07) is 0. The number of ether oxygens (including phenoxy) is 1. The van der Waals surface area contributed by atoms with Crippen LogP contribution in [-0.4, -0.2) is 65.4 Å². The minimum atomic E-state index is -5.03. The summed E-state index contributed by atoms with van der Waals surface area (Å²) >= 11 is 0. The molecule has 3 rings (SSSR count). The highest BCUT2D eigenvalue weighted by Crippen LogP contribution is 2.37. The predicted molar refractivity (Wildman–Crippen MR) is 73.5 cm³/mol. The Hall–Kier alpha value is -1.50. The zero-order valence-corrected chi connectivity index (χ0v) is 12.9. The molecule has 24 heavy (non-hydrogen) atoms. The van der Waals surface area contributed by atoms with Gasteiger partial charge in [-0.3, -0.25) is 4.57 Å². The molecule has 0 spiro atoms. The summed E-state index contributed by atoms with van der Waals surface area (Å²) in [5, 5.41) is 29.9. The SMILES string of the molecule is Nc1ncnc2c1ncn2[C@@H]1O[C@H]([C@H](O)C[P+]([O-])([O-])[O-])[C@@H](O)[C@H]1O. The maximum atomic E-state index is 10.8. The van der Waals surface area contributed by atoms with Gasteiger partial charge < -0.3 is 40.5 Å². The van der Waals surface area contributed by atoms with Crippen LogP contribution in [0.25, 0.3) is 11.2 Å². The zero-order chi connectivity index (χ0) is 17.6. The van der Waals surface area contributed by atoms with E-state index < -0.39 is 44.7 Å². The monoisotopic (exact) mass is 359 g/mol. The highest BCUT2D eigenvalue weighted by molar-refractivity contribution is 7.54. The minimum Gasteiger partial charge on any atom is -0.688 e. The standard InChI is InChI=1S/C11H16N5O7P/c12-9-5-10(14-2-13-9)16(3-15-5)11-7(19)6(18)8(23-11)4(17)1-24(20,21)22/h2-4,6-8,11,17-19H,1H2,(H2,12,13,14)(H2,20,21,22)/p-2/t4-,6+,7-,8-,11-/m1/s1. The molecule has 12 nitrogen and oxygen atoms in total. The van der Waals surface area contributed by atoms with Crippen LogP contribution in [0.15, 0.2) is 12.7 Å². The number of aliphatic hydroxyl groups is 3. The average molecular weight is 359 g/mol. The molecule has 5 N–H and O–H groups in total. The van der Waals surface area contributed by atoms with Crippen molar-refractivity contribution in [2.75, 3.05) is 11.9 Å². The fourth-order valence-electron chi connectivity index (χ4n) is 2.62. The van der Waals surface area contributed by atoms with E-state index in [1.165, 1.54) is 17.2 Å². The third kappa shape index (κ3) is 3.06. The van der Waals surface area contributed by atoms with E-state index in [1.807, 2.05) is 0 Å². The average Bonchev–Trinajstić information content (AvgIpc) is 3.01. The zero-order valence-electron chi connectivity index (χ0n) is 12.0. The number of hydrogen-bond acceptors (Lipinski definition) is 11. The van der Waals surface area contributed by atoms with E-state index in [1.54, 1.807) is 0 Å². The van der Waals surface area contributed by atoms with Crippen LogP contribution in [0, 0.1) is 0 Å². The van der Waals surface area contributed by atoms with Gasteiger partial charge in [-0.1, -0.05) is 0 Å². The number of nitrogen functional groups attached to an aromatic ring is 1. The van der Waals surface area contributed by atoms with Crippen molar-refractivity contribution in [1.82, 2.24) is 19.5 Å². The molecular weight excluding hydrogens is 345 g/mol. The third-order valence-electron chi connectivity index (χ3n) is 3.73. The van der Waals surface area contributed by atoms with Crippen LogP contribution in [-0.2, 0) is 4.74 Å². The van der Waals surface area contributed by atoms with Crippen molar-refractivity contribution in [3.63, 3.8) is 0 Å². The van der Waals surface area contributed by atoms with Crippen molar-refractivity contribution in [2.24, 2.45) is 0 Å². The van der Waals surface area contributed by atoms with Crippen molar-refractivity contribution >= 4 is 24.9 Å². The minimum absolute atomic E-state index is 0.0991. The Bertz CT molecular complexity index is 737. The number of rotatable bonds is 4. The summed E-state index contributed by atoms with van der Waals surface area (Å²) in [5.74, 6) is 0.0991. The first-order valence-electron chi connectivity index (χ1n) is 6.83. The number of aliphatic hydroxyl groups excluding tert-OH is 3. The lowest BCUT2D eigenvalue weighted by Gasteiger charge is -2.44. The van der Waals surface area contributed by atoms with Crippen molar-refractivity contribution in [3.05, 3.63) is 12.7 Å². The lowest BCUT2D eigenvalue weighted by atomic mass is 10.1. The number of imidazole rings is 1. The van der Waals surface area contributed by atoms with Crippen molar-refractivity contribution < 1.29 is 34.7 Å². The summed E-state index contributed by atoms with van der Waals surface area (Å²) < 4.78 is 6.62. The second kappa shape index (κ2) is 6.10. The molecule has 13 heteroatoms. The Morgan fingerprint density at radius 3 is 2.62 bits per heavy atom. The van der Waals surface area contributed by atoms with Crippen LogP contribution in [0.2, 0.25) is 0 Å².